The Hall–Kier alpha value is -1.57. The summed E-state index contributed by atoms with van der Waals surface area (Å²) in [6, 6.07) is 8.65. The summed E-state index contributed by atoms with van der Waals surface area (Å²) >= 11 is 0. The molecule has 1 aromatic rings. The molecule has 1 aromatic carbocycles. The number of hydrogen-bond donors (Lipinski definition) is 2. The lowest BCUT2D eigenvalue weighted by Crippen LogP contribution is -2.23. The molecule has 4 heteroatoms. The van der Waals surface area contributed by atoms with E-state index >= 15 is 0 Å². The molecule has 0 saturated heterocycles. The fraction of sp³-hybridized carbons (Fsp3) is 0.562. The van der Waals surface area contributed by atoms with Gasteiger partial charge in [0, 0.05) is 26.2 Å². The van der Waals surface area contributed by atoms with Crippen molar-refractivity contribution < 1.29 is 5.11 Å². The van der Waals surface area contributed by atoms with Crippen LogP contribution in [0.4, 0.5) is 5.69 Å². The van der Waals surface area contributed by atoms with Crippen molar-refractivity contribution in [3.8, 4) is 6.07 Å². The molecule has 110 valence electrons. The first-order valence-electron chi connectivity index (χ1n) is 7.09. The van der Waals surface area contributed by atoms with E-state index in [0.29, 0.717) is 18.0 Å². The Labute approximate surface area is 122 Å². The Morgan fingerprint density at radius 3 is 2.60 bits per heavy atom. The van der Waals surface area contributed by atoms with Crippen molar-refractivity contribution in [1.29, 1.82) is 5.26 Å². The Morgan fingerprint density at radius 2 is 2.05 bits per heavy atom. The number of nitrogens with one attached hydrogen (secondary N) is 1. The molecule has 1 rings (SSSR count). The minimum atomic E-state index is -0.322. The lowest BCUT2D eigenvalue weighted by Gasteiger charge is -2.22. The number of nitriles is 1. The second kappa shape index (κ2) is 7.88. The van der Waals surface area contributed by atoms with E-state index in [9.17, 15) is 10.4 Å². The molecular formula is C16H25N3O. The molecule has 0 aliphatic rings. The molecule has 4 nitrogen and oxygen atoms in total. The quantitative estimate of drug-likeness (QED) is 0.801. The van der Waals surface area contributed by atoms with Gasteiger partial charge in [-0.2, -0.15) is 5.26 Å². The van der Waals surface area contributed by atoms with Gasteiger partial charge >= 0.3 is 0 Å². The highest BCUT2D eigenvalue weighted by atomic mass is 16.3. The summed E-state index contributed by atoms with van der Waals surface area (Å²) in [6.07, 6.45) is 0.371. The van der Waals surface area contributed by atoms with Crippen LogP contribution in [0.25, 0.3) is 0 Å². The van der Waals surface area contributed by atoms with Crippen LogP contribution in [0.3, 0.4) is 0 Å². The number of hydrogen-bond acceptors (Lipinski definition) is 4. The van der Waals surface area contributed by atoms with Gasteiger partial charge in [0.2, 0.25) is 0 Å². The largest absolute Gasteiger partial charge is 0.393 e. The maximum absolute atomic E-state index is 9.34. The molecule has 0 aliphatic heterocycles. The van der Waals surface area contributed by atoms with E-state index < -0.39 is 0 Å². The van der Waals surface area contributed by atoms with Crippen LogP contribution in [0.2, 0.25) is 0 Å². The molecule has 0 heterocycles. The predicted octanol–water partition coefficient (Wildman–Crippen LogP) is 2.26. The van der Waals surface area contributed by atoms with Crippen molar-refractivity contribution in [2.45, 2.75) is 45.9 Å². The van der Waals surface area contributed by atoms with E-state index in [1.165, 1.54) is 0 Å². The number of rotatable bonds is 7. The number of anilines is 1. The van der Waals surface area contributed by atoms with Crippen molar-refractivity contribution in [3.63, 3.8) is 0 Å². The number of aliphatic hydroxyl groups is 1. The smallest absolute Gasteiger partial charge is 0.101 e. The van der Waals surface area contributed by atoms with Gasteiger partial charge in [-0.1, -0.05) is 19.9 Å². The lowest BCUT2D eigenvalue weighted by atomic mass is 10.1. The molecule has 0 aliphatic carbocycles. The average Bonchev–Trinajstić information content (AvgIpc) is 2.42. The molecule has 0 aromatic heterocycles. The van der Waals surface area contributed by atoms with Crippen LogP contribution in [0.1, 0.15) is 38.3 Å². The number of benzene rings is 1. The molecule has 0 amide bonds. The van der Waals surface area contributed by atoms with Crippen LogP contribution in [0.5, 0.6) is 0 Å². The summed E-state index contributed by atoms with van der Waals surface area (Å²) in [4.78, 5) is 2.02. The lowest BCUT2D eigenvalue weighted by molar-refractivity contribution is 0.187. The summed E-state index contributed by atoms with van der Waals surface area (Å²) in [5.41, 5.74) is 2.71. The minimum Gasteiger partial charge on any atom is -0.393 e. The van der Waals surface area contributed by atoms with Gasteiger partial charge in [0.25, 0.3) is 0 Å². The predicted molar refractivity (Wildman–Crippen MR) is 82.7 cm³/mol. The van der Waals surface area contributed by atoms with E-state index in [1.807, 2.05) is 30.1 Å². The second-order valence-corrected chi connectivity index (χ2v) is 5.56. The van der Waals surface area contributed by atoms with E-state index in [2.05, 4.69) is 25.2 Å². The van der Waals surface area contributed by atoms with Crippen LogP contribution in [0.15, 0.2) is 18.2 Å². The van der Waals surface area contributed by atoms with Gasteiger partial charge in [0.05, 0.1) is 17.4 Å². The third-order valence-electron chi connectivity index (χ3n) is 3.19. The summed E-state index contributed by atoms with van der Waals surface area (Å²) in [5.74, 6) is 0. The Kier molecular flexibility index (Phi) is 6.50. The van der Waals surface area contributed by atoms with Crippen LogP contribution in [0, 0.1) is 11.3 Å². The maximum atomic E-state index is 9.34. The zero-order valence-electron chi connectivity index (χ0n) is 12.8. The summed E-state index contributed by atoms with van der Waals surface area (Å²) in [5, 5.41) is 22.0. The van der Waals surface area contributed by atoms with Crippen LogP contribution in [-0.2, 0) is 6.54 Å². The highest BCUT2D eigenvalue weighted by Crippen LogP contribution is 2.21. The van der Waals surface area contributed by atoms with Gasteiger partial charge in [0.15, 0.2) is 0 Å². The van der Waals surface area contributed by atoms with Gasteiger partial charge in [-0.3, -0.25) is 0 Å². The Balaban J connectivity index is 2.80. The maximum Gasteiger partial charge on any atom is 0.101 e. The van der Waals surface area contributed by atoms with Crippen molar-refractivity contribution in [1.82, 2.24) is 5.32 Å². The first-order valence-corrected chi connectivity index (χ1v) is 7.09. The standard InChI is InChI=1S/C16H25N3O/c1-12(2)18-11-14-5-6-16(15(9-14)10-17)19(4)8-7-13(3)20/h5-6,9,12-13,18,20H,7-8,11H2,1-4H3. The first kappa shape index (κ1) is 16.5. The molecule has 20 heavy (non-hydrogen) atoms. The van der Waals surface area contributed by atoms with Gasteiger partial charge in [-0.15, -0.1) is 0 Å². The fourth-order valence-electron chi connectivity index (χ4n) is 1.94. The Bertz CT molecular complexity index is 463. The molecule has 1 atom stereocenters. The van der Waals surface area contributed by atoms with Crippen molar-refractivity contribution in [3.05, 3.63) is 29.3 Å². The van der Waals surface area contributed by atoms with Gasteiger partial charge < -0.3 is 15.3 Å². The highest BCUT2D eigenvalue weighted by molar-refractivity contribution is 5.60. The third kappa shape index (κ3) is 5.20. The van der Waals surface area contributed by atoms with Gasteiger partial charge in [-0.25, -0.2) is 0 Å². The van der Waals surface area contributed by atoms with Crippen molar-refractivity contribution in [2.75, 3.05) is 18.5 Å². The molecule has 1 unspecified atom stereocenters. The van der Waals surface area contributed by atoms with E-state index in [-0.39, 0.29) is 6.10 Å². The molecule has 0 bridgehead atoms. The zero-order valence-corrected chi connectivity index (χ0v) is 12.8. The highest BCUT2D eigenvalue weighted by Gasteiger charge is 2.09. The SMILES string of the molecule is CC(O)CCN(C)c1ccc(CNC(C)C)cc1C#N. The van der Waals surface area contributed by atoms with Crippen molar-refractivity contribution >= 4 is 5.69 Å². The number of nitrogens with zero attached hydrogens (tertiary/aromatic N) is 2. The van der Waals surface area contributed by atoms with Gasteiger partial charge in [-0.05, 0) is 31.0 Å². The average molecular weight is 275 g/mol. The van der Waals surface area contributed by atoms with Crippen LogP contribution in [-0.4, -0.2) is 30.8 Å². The summed E-state index contributed by atoms with van der Waals surface area (Å²) in [7, 11) is 1.95. The molecule has 0 saturated carbocycles. The molecule has 2 N–H and O–H groups in total. The van der Waals surface area contributed by atoms with Crippen molar-refractivity contribution in [2.24, 2.45) is 0 Å². The molecule has 0 spiro atoms. The zero-order chi connectivity index (χ0) is 15.1. The second-order valence-electron chi connectivity index (χ2n) is 5.56. The van der Waals surface area contributed by atoms with Crippen LogP contribution < -0.4 is 10.2 Å². The molecule has 0 radical (unpaired) electrons. The molecular weight excluding hydrogens is 250 g/mol. The van der Waals surface area contributed by atoms with Crippen LogP contribution >= 0.6 is 0 Å². The first-order chi connectivity index (χ1) is 9.43. The van der Waals surface area contributed by atoms with E-state index in [1.54, 1.807) is 6.92 Å². The minimum absolute atomic E-state index is 0.322. The normalized spacial score (nSPS) is 12.2. The third-order valence-corrected chi connectivity index (χ3v) is 3.19. The molecule has 0 fully saturated rings. The monoisotopic (exact) mass is 275 g/mol. The number of aliphatic hydroxyl groups excluding tert-OH is 1. The summed E-state index contributed by atoms with van der Waals surface area (Å²) in [6.45, 7) is 7.48. The topological polar surface area (TPSA) is 59.3 Å². The van der Waals surface area contributed by atoms with Gasteiger partial charge in [0.1, 0.15) is 6.07 Å². The van der Waals surface area contributed by atoms with E-state index in [4.69, 9.17) is 0 Å². The van der Waals surface area contributed by atoms with E-state index in [0.717, 1.165) is 24.3 Å². The Morgan fingerprint density at radius 1 is 1.35 bits per heavy atom. The fourth-order valence-corrected chi connectivity index (χ4v) is 1.94. The summed E-state index contributed by atoms with van der Waals surface area (Å²) < 4.78 is 0.